The molecule has 2 aromatic carbocycles. The van der Waals surface area contributed by atoms with Crippen LogP contribution >= 0.6 is 0 Å². The number of anilines is 1. The first-order chi connectivity index (χ1) is 22.2. The van der Waals surface area contributed by atoms with Gasteiger partial charge in [-0.2, -0.15) is 10.4 Å². The zero-order valence-corrected chi connectivity index (χ0v) is 25.7. The molecule has 3 aromatic heterocycles. The number of ether oxygens (including phenoxy) is 2. The lowest BCUT2D eigenvalue weighted by molar-refractivity contribution is -0.143. The van der Waals surface area contributed by atoms with Gasteiger partial charge in [0.25, 0.3) is 0 Å². The van der Waals surface area contributed by atoms with E-state index >= 15 is 0 Å². The van der Waals surface area contributed by atoms with E-state index in [1.807, 2.05) is 18.2 Å². The zero-order chi connectivity index (χ0) is 32.6. The van der Waals surface area contributed by atoms with Crippen LogP contribution in [0.1, 0.15) is 49.1 Å². The van der Waals surface area contributed by atoms with Crippen LogP contribution in [0.3, 0.4) is 0 Å². The highest BCUT2D eigenvalue weighted by Gasteiger charge is 2.49. The Morgan fingerprint density at radius 2 is 1.83 bits per heavy atom. The van der Waals surface area contributed by atoms with Crippen molar-refractivity contribution in [2.75, 3.05) is 18.6 Å². The van der Waals surface area contributed by atoms with Crippen LogP contribution in [-0.4, -0.2) is 50.3 Å². The Morgan fingerprint density at radius 3 is 2.52 bits per heavy atom. The summed E-state index contributed by atoms with van der Waals surface area (Å²) in [6, 6.07) is 19.2. The molecule has 1 aliphatic rings. The van der Waals surface area contributed by atoms with E-state index in [-0.39, 0.29) is 48.8 Å². The van der Waals surface area contributed by atoms with Gasteiger partial charge in [-0.3, -0.25) is 14.5 Å². The number of carbonyl (C=O) groups excluding carboxylic acids is 2. The molecule has 232 valence electrons. The molecule has 0 bridgehead atoms. The van der Waals surface area contributed by atoms with Crippen LogP contribution in [0, 0.1) is 17.1 Å². The third-order valence-electron chi connectivity index (χ3n) is 8.00. The van der Waals surface area contributed by atoms with Gasteiger partial charge < -0.3 is 9.47 Å². The predicted molar refractivity (Wildman–Crippen MR) is 166 cm³/mol. The maximum absolute atomic E-state index is 14.6. The topological polar surface area (TPSA) is 136 Å². The van der Waals surface area contributed by atoms with Crippen molar-refractivity contribution < 1.29 is 23.5 Å². The van der Waals surface area contributed by atoms with E-state index < -0.39 is 17.3 Å². The molecule has 46 heavy (non-hydrogen) atoms. The minimum atomic E-state index is -1.44. The third kappa shape index (κ3) is 5.19. The Bertz CT molecular complexity index is 2020. The van der Waals surface area contributed by atoms with Crippen LogP contribution in [-0.2, 0) is 32.8 Å². The third-order valence-corrected chi connectivity index (χ3v) is 8.00. The van der Waals surface area contributed by atoms with Crippen molar-refractivity contribution in [1.82, 2.24) is 24.7 Å². The van der Waals surface area contributed by atoms with Crippen molar-refractivity contribution in [3.63, 3.8) is 0 Å². The number of hydrogen-bond donors (Lipinski definition) is 0. The first kappa shape index (κ1) is 30.3. The Balaban J connectivity index is 1.57. The van der Waals surface area contributed by atoms with E-state index in [1.165, 1.54) is 11.0 Å². The molecule has 0 N–H and O–H groups in total. The van der Waals surface area contributed by atoms with Crippen LogP contribution in [0.4, 0.5) is 10.2 Å². The largest absolute Gasteiger partial charge is 0.497 e. The molecular weight excluding hydrogens is 589 g/mol. The predicted octanol–water partition coefficient (Wildman–Crippen LogP) is 5.08. The number of carbonyl (C=O) groups is 2. The highest BCUT2D eigenvalue weighted by atomic mass is 19.1. The number of methoxy groups -OCH3 is 1. The standard InChI is InChI=1S/C34H30FN7O4/c1-5-46-32(43)24(17-36)27-26-31(41(33(44)34(26,2)3)18-20-12-14-22(45-4)15-13-20)39-29(38-27)28-23-10-8-16-37-30(23)42(40-28)19-21-9-6-7-11-25(21)35/h6-16,24H,5,18-19H2,1-4H3. The van der Waals surface area contributed by atoms with Crippen molar-refractivity contribution in [1.29, 1.82) is 5.26 Å². The van der Waals surface area contributed by atoms with Crippen LogP contribution < -0.4 is 9.64 Å². The summed E-state index contributed by atoms with van der Waals surface area (Å²) in [5.41, 5.74) is 1.23. The van der Waals surface area contributed by atoms with Gasteiger partial charge in [0.15, 0.2) is 17.4 Å². The number of pyridine rings is 1. The molecular formula is C34H30FN7O4. The fourth-order valence-electron chi connectivity index (χ4n) is 5.70. The molecule has 4 heterocycles. The molecule has 6 rings (SSSR count). The molecule has 0 aliphatic carbocycles. The van der Waals surface area contributed by atoms with Crippen molar-refractivity contribution in [3.8, 4) is 23.3 Å². The summed E-state index contributed by atoms with van der Waals surface area (Å²) in [4.78, 5) is 42.8. The second-order valence-electron chi connectivity index (χ2n) is 11.3. The highest BCUT2D eigenvalue weighted by molar-refractivity contribution is 6.07. The van der Waals surface area contributed by atoms with Crippen molar-refractivity contribution in [3.05, 3.63) is 95.1 Å². The van der Waals surface area contributed by atoms with Gasteiger partial charge in [-0.15, -0.1) is 0 Å². The lowest BCUT2D eigenvalue weighted by Gasteiger charge is -2.20. The van der Waals surface area contributed by atoms with E-state index in [9.17, 15) is 19.2 Å². The Hall–Kier alpha value is -5.70. The van der Waals surface area contributed by atoms with E-state index in [0.29, 0.717) is 33.6 Å². The zero-order valence-electron chi connectivity index (χ0n) is 25.7. The molecule has 1 atom stereocenters. The summed E-state index contributed by atoms with van der Waals surface area (Å²) in [5, 5.41) is 15.6. The van der Waals surface area contributed by atoms with Gasteiger partial charge in [0.2, 0.25) is 5.91 Å². The Morgan fingerprint density at radius 1 is 1.07 bits per heavy atom. The van der Waals surface area contributed by atoms with Crippen LogP contribution in [0.15, 0.2) is 66.9 Å². The Labute approximate surface area is 264 Å². The molecule has 5 aromatic rings. The number of halogens is 1. The number of nitriles is 1. The van der Waals surface area contributed by atoms with Gasteiger partial charge in [0.1, 0.15) is 23.1 Å². The van der Waals surface area contributed by atoms with E-state index in [4.69, 9.17) is 24.5 Å². The number of fused-ring (bicyclic) bond motifs is 2. The summed E-state index contributed by atoms with van der Waals surface area (Å²) in [6.07, 6.45) is 1.60. The number of aromatic nitrogens is 5. The molecule has 1 aliphatic heterocycles. The summed E-state index contributed by atoms with van der Waals surface area (Å²) < 4.78 is 26.7. The van der Waals surface area contributed by atoms with Gasteiger partial charge in [0, 0.05) is 17.3 Å². The smallest absolute Gasteiger partial charge is 0.329 e. The number of rotatable bonds is 9. The number of amides is 1. The molecule has 0 saturated heterocycles. The average Bonchev–Trinajstić information content (AvgIpc) is 3.51. The van der Waals surface area contributed by atoms with Crippen LogP contribution in [0.5, 0.6) is 5.75 Å². The second kappa shape index (κ2) is 12.0. The number of esters is 1. The molecule has 0 fully saturated rings. The molecule has 12 heteroatoms. The lowest BCUT2D eigenvalue weighted by atomic mass is 9.83. The summed E-state index contributed by atoms with van der Waals surface area (Å²) in [6.45, 7) is 5.38. The van der Waals surface area contributed by atoms with Gasteiger partial charge in [-0.25, -0.2) is 24.0 Å². The van der Waals surface area contributed by atoms with E-state index in [0.717, 1.165) is 5.56 Å². The minimum Gasteiger partial charge on any atom is -0.497 e. The Kier molecular flexibility index (Phi) is 7.92. The monoisotopic (exact) mass is 619 g/mol. The molecule has 1 amide bonds. The summed E-state index contributed by atoms with van der Waals surface area (Å²) in [7, 11) is 1.57. The van der Waals surface area contributed by atoms with Gasteiger partial charge >= 0.3 is 5.97 Å². The maximum atomic E-state index is 14.6. The first-order valence-electron chi connectivity index (χ1n) is 14.7. The highest BCUT2D eigenvalue weighted by Crippen LogP contribution is 2.46. The average molecular weight is 620 g/mol. The van der Waals surface area contributed by atoms with Crippen molar-refractivity contribution in [2.45, 2.75) is 45.2 Å². The lowest BCUT2D eigenvalue weighted by Crippen LogP contribution is -2.36. The van der Waals surface area contributed by atoms with E-state index in [1.54, 1.807) is 81.2 Å². The maximum Gasteiger partial charge on any atom is 0.329 e. The van der Waals surface area contributed by atoms with Crippen LogP contribution in [0.25, 0.3) is 22.6 Å². The molecule has 0 saturated carbocycles. The molecule has 0 radical (unpaired) electrons. The SMILES string of the molecule is CCOC(=O)C(C#N)c1nc(-c2nn(Cc3ccccc3F)c3ncccc23)nc2c1C(C)(C)C(=O)N2Cc1ccc(OC)cc1. The number of nitrogens with zero attached hydrogens (tertiary/aromatic N) is 7. The van der Waals surface area contributed by atoms with Gasteiger partial charge in [-0.1, -0.05) is 30.3 Å². The minimum absolute atomic E-state index is 0.0554. The first-order valence-corrected chi connectivity index (χ1v) is 14.7. The molecule has 0 spiro atoms. The summed E-state index contributed by atoms with van der Waals surface area (Å²) >= 11 is 0. The normalized spacial score (nSPS) is 14.2. The van der Waals surface area contributed by atoms with Crippen molar-refractivity contribution >= 4 is 28.7 Å². The van der Waals surface area contributed by atoms with Gasteiger partial charge in [0.05, 0.1) is 49.4 Å². The fourth-order valence-corrected chi connectivity index (χ4v) is 5.70. The molecule has 1 unspecified atom stereocenters. The quantitative estimate of drug-likeness (QED) is 0.207. The molecule has 11 nitrogen and oxygen atoms in total. The fraction of sp³-hybridized carbons (Fsp3) is 0.265. The van der Waals surface area contributed by atoms with E-state index in [2.05, 4.69) is 4.98 Å². The number of hydrogen-bond acceptors (Lipinski definition) is 9. The number of benzene rings is 2. The van der Waals surface area contributed by atoms with Gasteiger partial charge in [-0.05, 0) is 56.7 Å². The van der Waals surface area contributed by atoms with Crippen LogP contribution in [0.2, 0.25) is 0 Å². The summed E-state index contributed by atoms with van der Waals surface area (Å²) in [5.74, 6) is -1.88. The van der Waals surface area contributed by atoms with Crippen molar-refractivity contribution in [2.24, 2.45) is 0 Å². The second-order valence-corrected chi connectivity index (χ2v) is 11.3.